The fourth-order valence-electron chi connectivity index (χ4n) is 4.55. The lowest BCUT2D eigenvalue weighted by molar-refractivity contribution is 0.0342. The van der Waals surface area contributed by atoms with Gasteiger partial charge in [-0.2, -0.15) is 0 Å². The van der Waals surface area contributed by atoms with Crippen molar-refractivity contribution in [1.82, 2.24) is 19.6 Å². The number of nitrogens with zero attached hydrogens (tertiary/aromatic N) is 2. The third-order valence-corrected chi connectivity index (χ3v) is 8.91. The second kappa shape index (κ2) is 12.1. The molecule has 3 N–H and O–H groups in total. The van der Waals surface area contributed by atoms with Crippen LogP contribution < -0.4 is 10.3 Å². The second-order valence-electron chi connectivity index (χ2n) is 9.99. The smallest absolute Gasteiger partial charge is 0.293 e. The number of sulfonamides is 1. The summed E-state index contributed by atoms with van der Waals surface area (Å²) < 4.78 is 32.8. The molecule has 0 amide bonds. The average molecular weight is 549 g/mol. The van der Waals surface area contributed by atoms with Crippen LogP contribution in [0.3, 0.4) is 0 Å². The van der Waals surface area contributed by atoms with Crippen LogP contribution in [0.5, 0.6) is 5.75 Å². The van der Waals surface area contributed by atoms with Crippen LogP contribution in [0.1, 0.15) is 46.7 Å². The van der Waals surface area contributed by atoms with Crippen LogP contribution in [0.15, 0.2) is 59.7 Å². The molecule has 5 rings (SSSR count). The molecule has 1 atom stereocenters. The Morgan fingerprint density at radius 2 is 1.64 bits per heavy atom. The van der Waals surface area contributed by atoms with Gasteiger partial charge in [-0.15, -0.1) is 0 Å². The van der Waals surface area contributed by atoms with E-state index in [1.54, 1.807) is 0 Å². The SMILES string of the molecule is O=c1[nH]cnc(C(CNS(=O)(=O)C2CC2)Cc2ccc(C#Cc3ccc(CN4CCOCC4)cc3)cc2)c1O. The lowest BCUT2D eigenvalue weighted by Gasteiger charge is -2.26. The van der Waals surface area contributed by atoms with Crippen LogP contribution in [0.4, 0.5) is 0 Å². The third-order valence-electron chi connectivity index (χ3n) is 6.99. The molecule has 39 heavy (non-hydrogen) atoms. The molecule has 1 aliphatic heterocycles. The maximum Gasteiger partial charge on any atom is 0.293 e. The van der Waals surface area contributed by atoms with Crippen LogP contribution in [-0.2, 0) is 27.7 Å². The van der Waals surface area contributed by atoms with Gasteiger partial charge in [0.25, 0.3) is 5.56 Å². The zero-order chi connectivity index (χ0) is 27.2. The summed E-state index contributed by atoms with van der Waals surface area (Å²) in [5, 5.41) is 9.95. The van der Waals surface area contributed by atoms with Crippen molar-refractivity contribution in [3.63, 3.8) is 0 Å². The zero-order valence-electron chi connectivity index (χ0n) is 21.6. The lowest BCUT2D eigenvalue weighted by Crippen LogP contribution is -2.35. The minimum Gasteiger partial charge on any atom is -0.502 e. The van der Waals surface area contributed by atoms with E-state index in [-0.39, 0.29) is 17.5 Å². The summed E-state index contributed by atoms with van der Waals surface area (Å²) in [6.45, 7) is 4.42. The van der Waals surface area contributed by atoms with E-state index in [2.05, 4.69) is 43.6 Å². The van der Waals surface area contributed by atoms with Crippen molar-refractivity contribution in [3.05, 3.63) is 93.2 Å². The fraction of sp³-hybridized carbons (Fsp3) is 0.379. The maximum atomic E-state index is 12.4. The number of ether oxygens (including phenoxy) is 1. The molecule has 1 saturated heterocycles. The van der Waals surface area contributed by atoms with E-state index >= 15 is 0 Å². The Balaban J connectivity index is 1.24. The first-order valence-electron chi connectivity index (χ1n) is 13.1. The number of hydrogen-bond acceptors (Lipinski definition) is 7. The Bertz CT molecular complexity index is 1500. The average Bonchev–Trinajstić information content (AvgIpc) is 3.80. The summed E-state index contributed by atoms with van der Waals surface area (Å²) in [7, 11) is -3.43. The molecule has 1 saturated carbocycles. The Kier molecular flexibility index (Phi) is 8.43. The van der Waals surface area contributed by atoms with E-state index in [0.29, 0.717) is 19.3 Å². The van der Waals surface area contributed by atoms with Gasteiger partial charge in [0.15, 0.2) is 0 Å². The Hall–Kier alpha value is -3.49. The van der Waals surface area contributed by atoms with Gasteiger partial charge in [-0.05, 0) is 54.7 Å². The Morgan fingerprint density at radius 3 is 2.26 bits per heavy atom. The van der Waals surface area contributed by atoms with Crippen molar-refractivity contribution >= 4 is 10.0 Å². The quantitative estimate of drug-likeness (QED) is 0.350. The highest BCUT2D eigenvalue weighted by molar-refractivity contribution is 7.90. The molecule has 2 fully saturated rings. The molecule has 10 heteroatoms. The summed E-state index contributed by atoms with van der Waals surface area (Å²) in [6, 6.07) is 15.9. The van der Waals surface area contributed by atoms with Crippen molar-refractivity contribution in [2.45, 2.75) is 37.0 Å². The highest BCUT2D eigenvalue weighted by Crippen LogP contribution is 2.29. The first kappa shape index (κ1) is 27.1. The van der Waals surface area contributed by atoms with E-state index in [9.17, 15) is 18.3 Å². The predicted octanol–water partition coefficient (Wildman–Crippen LogP) is 2.12. The van der Waals surface area contributed by atoms with Gasteiger partial charge in [-0.25, -0.2) is 18.1 Å². The molecule has 2 aliphatic rings. The van der Waals surface area contributed by atoms with E-state index < -0.39 is 27.2 Å². The number of aromatic hydroxyl groups is 1. The zero-order valence-corrected chi connectivity index (χ0v) is 22.4. The van der Waals surface area contributed by atoms with Crippen LogP contribution in [0.25, 0.3) is 0 Å². The molecule has 9 nitrogen and oxygen atoms in total. The molecule has 1 aromatic heterocycles. The number of nitrogens with one attached hydrogen (secondary N) is 2. The van der Waals surface area contributed by atoms with Gasteiger partial charge in [0, 0.05) is 43.2 Å². The Labute approximate surface area is 228 Å². The normalized spacial score (nSPS) is 16.8. The van der Waals surface area contributed by atoms with Gasteiger partial charge in [0.05, 0.1) is 30.5 Å². The van der Waals surface area contributed by atoms with Crippen LogP contribution >= 0.6 is 0 Å². The Morgan fingerprint density at radius 1 is 1.03 bits per heavy atom. The highest BCUT2D eigenvalue weighted by Gasteiger charge is 2.36. The number of aromatic amines is 1. The van der Waals surface area contributed by atoms with Crippen LogP contribution in [0.2, 0.25) is 0 Å². The molecule has 204 valence electrons. The van der Waals surface area contributed by atoms with Gasteiger partial charge in [-0.3, -0.25) is 9.69 Å². The van der Waals surface area contributed by atoms with E-state index in [1.807, 2.05) is 36.4 Å². The molecule has 2 heterocycles. The number of morpholine rings is 1. The molecule has 1 aliphatic carbocycles. The summed E-state index contributed by atoms with van der Waals surface area (Å²) >= 11 is 0. The monoisotopic (exact) mass is 548 g/mol. The maximum absolute atomic E-state index is 12.4. The minimum absolute atomic E-state index is 0.0337. The topological polar surface area (TPSA) is 125 Å². The molecule has 0 spiro atoms. The summed E-state index contributed by atoms with van der Waals surface area (Å²) in [6.07, 6.45) is 2.90. The van der Waals surface area contributed by atoms with Crippen molar-refractivity contribution < 1.29 is 18.3 Å². The summed E-state index contributed by atoms with van der Waals surface area (Å²) in [4.78, 5) is 20.8. The highest BCUT2D eigenvalue weighted by atomic mass is 32.2. The molecule has 0 radical (unpaired) electrons. The largest absolute Gasteiger partial charge is 0.502 e. The number of rotatable bonds is 9. The number of H-pyrrole nitrogens is 1. The van der Waals surface area contributed by atoms with E-state index in [0.717, 1.165) is 49.5 Å². The molecular weight excluding hydrogens is 516 g/mol. The molecule has 0 bridgehead atoms. The molecule has 1 unspecified atom stereocenters. The van der Waals surface area contributed by atoms with Gasteiger partial charge in [0.1, 0.15) is 0 Å². The van der Waals surface area contributed by atoms with E-state index in [4.69, 9.17) is 4.74 Å². The van der Waals surface area contributed by atoms with Crippen LogP contribution in [0, 0.1) is 11.8 Å². The van der Waals surface area contributed by atoms with Gasteiger partial charge >= 0.3 is 0 Å². The van der Waals surface area contributed by atoms with Crippen molar-refractivity contribution in [2.24, 2.45) is 0 Å². The number of benzene rings is 2. The lowest BCUT2D eigenvalue weighted by atomic mass is 9.95. The minimum atomic E-state index is -3.43. The molecule has 3 aromatic rings. The van der Waals surface area contributed by atoms with Gasteiger partial charge in [0.2, 0.25) is 15.8 Å². The van der Waals surface area contributed by atoms with Crippen molar-refractivity contribution in [2.75, 3.05) is 32.8 Å². The van der Waals surface area contributed by atoms with Gasteiger partial charge in [-0.1, -0.05) is 36.1 Å². The molecule has 2 aromatic carbocycles. The predicted molar refractivity (Wildman–Crippen MR) is 148 cm³/mol. The fourth-order valence-corrected chi connectivity index (χ4v) is 5.97. The third kappa shape index (κ3) is 7.34. The van der Waals surface area contributed by atoms with Gasteiger partial charge < -0.3 is 14.8 Å². The van der Waals surface area contributed by atoms with E-state index in [1.165, 1.54) is 11.9 Å². The number of hydrogen-bond donors (Lipinski definition) is 3. The van der Waals surface area contributed by atoms with Crippen LogP contribution in [-0.4, -0.2) is 66.5 Å². The first-order chi connectivity index (χ1) is 18.9. The standard InChI is InChI=1S/C29H32N4O5S/c34-28-27(30-20-31-29(28)35)25(18-32-39(36,37)26-11-12-26)17-23-7-3-21(4-8-23)1-2-22-5-9-24(10-6-22)19-33-13-15-38-16-14-33/h3-10,20,25-26,32,34H,11-19H2,(H,30,31,35). The number of aromatic nitrogens is 2. The second-order valence-corrected chi connectivity index (χ2v) is 12.0. The van der Waals surface area contributed by atoms with Crippen molar-refractivity contribution in [3.8, 4) is 17.6 Å². The molecular formula is C29H32N4O5S. The first-order valence-corrected chi connectivity index (χ1v) is 14.7. The van der Waals surface area contributed by atoms with Crippen molar-refractivity contribution in [1.29, 1.82) is 0 Å². The summed E-state index contributed by atoms with van der Waals surface area (Å²) in [5.41, 5.74) is 3.45. The summed E-state index contributed by atoms with van der Waals surface area (Å²) in [5.74, 6) is 5.38.